The molecule has 2 heterocycles. The Bertz CT molecular complexity index is 310. The predicted octanol–water partition coefficient (Wildman–Crippen LogP) is 1.78. The number of nitrogens with one attached hydrogen (secondary N) is 1. The zero-order valence-electron chi connectivity index (χ0n) is 8.23. The van der Waals surface area contributed by atoms with Crippen LogP contribution in [-0.4, -0.2) is 22.3 Å². The lowest BCUT2D eigenvalue weighted by Crippen LogP contribution is -2.25. The number of hydrogen-bond acceptors (Lipinski definition) is 3. The van der Waals surface area contributed by atoms with Crippen LogP contribution in [0.25, 0.3) is 0 Å². The minimum Gasteiger partial charge on any atom is -0.308 e. The van der Waals surface area contributed by atoms with E-state index in [1.807, 2.05) is 0 Å². The van der Waals surface area contributed by atoms with Gasteiger partial charge >= 0.3 is 0 Å². The van der Waals surface area contributed by atoms with Gasteiger partial charge in [0, 0.05) is 27.2 Å². The quantitative estimate of drug-likeness (QED) is 0.795. The lowest BCUT2D eigenvalue weighted by molar-refractivity contribution is 0.522. The van der Waals surface area contributed by atoms with Gasteiger partial charge in [-0.05, 0) is 23.9 Å². The molecule has 0 aliphatic carbocycles. The molecule has 0 saturated carbocycles. The van der Waals surface area contributed by atoms with Gasteiger partial charge in [0.05, 0.1) is 6.04 Å². The molecular weight excluding hydrogens is 214 g/mol. The number of hydrogen-bond donors (Lipinski definition) is 1. The topological polar surface area (TPSA) is 29.1 Å². The average molecular weight is 229 g/mol. The van der Waals surface area contributed by atoms with Gasteiger partial charge in [-0.25, -0.2) is 0 Å². The van der Waals surface area contributed by atoms with Crippen molar-refractivity contribution >= 4 is 22.1 Å². The van der Waals surface area contributed by atoms with Gasteiger partial charge in [-0.15, -0.1) is 11.3 Å². The summed E-state index contributed by atoms with van der Waals surface area (Å²) < 4.78 is 11.7. The third-order valence-electron chi connectivity index (χ3n) is 2.42. The van der Waals surface area contributed by atoms with Crippen LogP contribution in [0.3, 0.4) is 0 Å². The molecule has 1 aromatic rings. The van der Waals surface area contributed by atoms with Gasteiger partial charge < -0.3 is 5.32 Å². The molecule has 0 radical (unpaired) electrons. The van der Waals surface area contributed by atoms with E-state index in [1.54, 1.807) is 11.3 Å². The van der Waals surface area contributed by atoms with E-state index in [1.165, 1.54) is 4.88 Å². The van der Waals surface area contributed by atoms with Gasteiger partial charge in [-0.1, -0.05) is 13.0 Å². The standard InChI is InChI=1S/C10H15NOS2/c1-8-5-11-9(7-14(12)6-8)10-3-2-4-13-10/h2-4,8-9,11H,5-7H2,1H3. The van der Waals surface area contributed by atoms with E-state index in [-0.39, 0.29) is 0 Å². The summed E-state index contributed by atoms with van der Waals surface area (Å²) in [6.07, 6.45) is 0. The second kappa shape index (κ2) is 4.55. The van der Waals surface area contributed by atoms with Crippen LogP contribution in [0, 0.1) is 5.92 Å². The fourth-order valence-electron chi connectivity index (χ4n) is 1.70. The number of rotatable bonds is 1. The van der Waals surface area contributed by atoms with Gasteiger partial charge in [-0.2, -0.15) is 0 Å². The van der Waals surface area contributed by atoms with Crippen molar-refractivity contribution in [1.82, 2.24) is 5.32 Å². The first-order valence-electron chi connectivity index (χ1n) is 4.87. The molecule has 14 heavy (non-hydrogen) atoms. The van der Waals surface area contributed by atoms with E-state index < -0.39 is 10.8 Å². The molecular formula is C10H15NOS2. The van der Waals surface area contributed by atoms with Crippen molar-refractivity contribution in [1.29, 1.82) is 0 Å². The highest BCUT2D eigenvalue weighted by atomic mass is 32.2. The Labute approximate surface area is 91.2 Å². The van der Waals surface area contributed by atoms with E-state index in [4.69, 9.17) is 0 Å². The molecule has 1 aromatic heterocycles. The molecule has 1 aliphatic heterocycles. The molecule has 2 nitrogen and oxygen atoms in total. The summed E-state index contributed by atoms with van der Waals surface area (Å²) in [7, 11) is -0.658. The molecule has 0 spiro atoms. The molecule has 1 N–H and O–H groups in total. The minimum absolute atomic E-state index is 0.306. The highest BCUT2D eigenvalue weighted by molar-refractivity contribution is 7.85. The van der Waals surface area contributed by atoms with Gasteiger partial charge in [0.1, 0.15) is 0 Å². The minimum atomic E-state index is -0.658. The maximum Gasteiger partial charge on any atom is 0.0531 e. The van der Waals surface area contributed by atoms with Gasteiger partial charge in [0.2, 0.25) is 0 Å². The van der Waals surface area contributed by atoms with E-state index in [0.29, 0.717) is 12.0 Å². The SMILES string of the molecule is CC1CNC(c2cccs2)CS(=O)C1. The molecule has 4 heteroatoms. The normalized spacial score (nSPS) is 33.9. The molecule has 3 unspecified atom stereocenters. The van der Waals surface area contributed by atoms with Crippen LogP contribution in [0.1, 0.15) is 17.8 Å². The molecule has 2 rings (SSSR count). The van der Waals surface area contributed by atoms with E-state index in [2.05, 4.69) is 29.8 Å². The Morgan fingerprint density at radius 2 is 2.43 bits per heavy atom. The first-order chi connectivity index (χ1) is 6.75. The van der Waals surface area contributed by atoms with Crippen molar-refractivity contribution in [2.24, 2.45) is 5.92 Å². The highest BCUT2D eigenvalue weighted by Gasteiger charge is 2.21. The van der Waals surface area contributed by atoms with Crippen LogP contribution in [0.5, 0.6) is 0 Å². The maximum absolute atomic E-state index is 11.7. The average Bonchev–Trinajstić information content (AvgIpc) is 2.59. The molecule has 0 bridgehead atoms. The third kappa shape index (κ3) is 2.43. The summed E-state index contributed by atoms with van der Waals surface area (Å²) in [6, 6.07) is 4.48. The van der Waals surface area contributed by atoms with E-state index >= 15 is 0 Å². The molecule has 0 aromatic carbocycles. The number of thiophene rings is 1. The van der Waals surface area contributed by atoms with Crippen LogP contribution >= 0.6 is 11.3 Å². The van der Waals surface area contributed by atoms with Crippen LogP contribution in [0.4, 0.5) is 0 Å². The third-order valence-corrected chi connectivity index (χ3v) is 5.05. The molecule has 78 valence electrons. The molecule has 0 amide bonds. The molecule has 1 aliphatic rings. The van der Waals surface area contributed by atoms with Crippen LogP contribution in [0.2, 0.25) is 0 Å². The lowest BCUT2D eigenvalue weighted by Gasteiger charge is -2.13. The predicted molar refractivity (Wildman–Crippen MR) is 62.1 cm³/mol. The summed E-state index contributed by atoms with van der Waals surface area (Å²) >= 11 is 1.75. The Kier molecular flexibility index (Phi) is 3.36. The smallest absolute Gasteiger partial charge is 0.0531 e. The maximum atomic E-state index is 11.7. The first kappa shape index (κ1) is 10.3. The fourth-order valence-corrected chi connectivity index (χ4v) is 4.17. The van der Waals surface area contributed by atoms with Gasteiger partial charge in [0.15, 0.2) is 0 Å². The second-order valence-corrected chi connectivity index (χ2v) is 6.38. The van der Waals surface area contributed by atoms with Gasteiger partial charge in [-0.3, -0.25) is 4.21 Å². The van der Waals surface area contributed by atoms with Gasteiger partial charge in [0.25, 0.3) is 0 Å². The first-order valence-corrected chi connectivity index (χ1v) is 7.24. The van der Waals surface area contributed by atoms with Crippen molar-refractivity contribution in [3.63, 3.8) is 0 Å². The van der Waals surface area contributed by atoms with Crippen LogP contribution in [-0.2, 0) is 10.8 Å². The molecule has 1 fully saturated rings. The van der Waals surface area contributed by atoms with E-state index in [9.17, 15) is 4.21 Å². The fraction of sp³-hybridized carbons (Fsp3) is 0.600. The Balaban J connectivity index is 2.10. The van der Waals surface area contributed by atoms with Crippen molar-refractivity contribution < 1.29 is 4.21 Å². The monoisotopic (exact) mass is 229 g/mol. The van der Waals surface area contributed by atoms with Crippen molar-refractivity contribution in [3.05, 3.63) is 22.4 Å². The van der Waals surface area contributed by atoms with E-state index in [0.717, 1.165) is 18.1 Å². The van der Waals surface area contributed by atoms with Crippen molar-refractivity contribution in [2.45, 2.75) is 13.0 Å². The zero-order valence-corrected chi connectivity index (χ0v) is 9.87. The summed E-state index contributed by atoms with van der Waals surface area (Å²) in [5.74, 6) is 2.14. The summed E-state index contributed by atoms with van der Waals surface area (Å²) in [5.41, 5.74) is 0. The van der Waals surface area contributed by atoms with Crippen LogP contribution in [0.15, 0.2) is 17.5 Å². The second-order valence-electron chi connectivity index (χ2n) is 3.85. The molecule has 1 saturated heterocycles. The largest absolute Gasteiger partial charge is 0.308 e. The Morgan fingerprint density at radius 3 is 3.14 bits per heavy atom. The zero-order chi connectivity index (χ0) is 9.97. The summed E-state index contributed by atoms with van der Waals surface area (Å²) in [5, 5.41) is 5.56. The highest BCUT2D eigenvalue weighted by Crippen LogP contribution is 2.22. The van der Waals surface area contributed by atoms with Crippen LogP contribution < -0.4 is 5.32 Å². The van der Waals surface area contributed by atoms with Crippen molar-refractivity contribution in [2.75, 3.05) is 18.1 Å². The summed E-state index contributed by atoms with van der Waals surface area (Å²) in [6.45, 7) is 3.13. The lowest BCUT2D eigenvalue weighted by atomic mass is 10.2. The molecule has 3 atom stereocenters. The van der Waals surface area contributed by atoms with Crippen molar-refractivity contribution in [3.8, 4) is 0 Å². The Morgan fingerprint density at radius 1 is 1.57 bits per heavy atom. The summed E-state index contributed by atoms with van der Waals surface area (Å²) in [4.78, 5) is 1.31. The Hall–Kier alpha value is -0.190.